The number of fused-ring (bicyclic) bond motifs is 6. The van der Waals surface area contributed by atoms with Gasteiger partial charge in [0.15, 0.2) is 0 Å². The van der Waals surface area contributed by atoms with Crippen molar-refractivity contribution >= 4 is 40.7 Å². The maximum Gasteiger partial charge on any atom is 0.286 e. The molecule has 4 heteroatoms. The lowest BCUT2D eigenvalue weighted by Gasteiger charge is -2.47. The average molecular weight is 548 g/mol. The van der Waals surface area contributed by atoms with Crippen molar-refractivity contribution in [3.63, 3.8) is 0 Å². The molecule has 5 aromatic rings. The molecule has 0 saturated carbocycles. The summed E-state index contributed by atoms with van der Waals surface area (Å²) in [6.45, 7) is 18.0. The molecule has 0 unspecified atom stereocenters. The normalized spacial score (nSPS) is 14.9. The van der Waals surface area contributed by atoms with Crippen molar-refractivity contribution in [1.29, 1.82) is 0 Å². The third-order valence-corrected chi connectivity index (χ3v) is 9.32. The molecule has 42 heavy (non-hydrogen) atoms. The number of anilines is 1. The van der Waals surface area contributed by atoms with Crippen LogP contribution in [0.4, 0.5) is 11.5 Å². The van der Waals surface area contributed by atoms with Crippen molar-refractivity contribution in [3.8, 4) is 22.3 Å². The Bertz CT molecular complexity index is 1980. The molecule has 0 aliphatic carbocycles. The van der Waals surface area contributed by atoms with Gasteiger partial charge in [0.1, 0.15) is 0 Å². The summed E-state index contributed by atoms with van der Waals surface area (Å²) >= 11 is 0. The molecule has 0 bridgehead atoms. The van der Waals surface area contributed by atoms with Crippen molar-refractivity contribution in [2.45, 2.75) is 55.2 Å². The number of pyridine rings is 1. The number of nitrogens with zero attached hydrogens (tertiary/aromatic N) is 3. The van der Waals surface area contributed by atoms with Gasteiger partial charge >= 0.3 is 0 Å². The fraction of sp³-hybridized carbons (Fsp3) is 0.211. The second-order valence-corrected chi connectivity index (χ2v) is 13.1. The van der Waals surface area contributed by atoms with Crippen molar-refractivity contribution in [2.75, 3.05) is 4.81 Å². The highest BCUT2D eigenvalue weighted by Crippen LogP contribution is 2.39. The van der Waals surface area contributed by atoms with Gasteiger partial charge in [-0.2, -0.15) is 0 Å². The van der Waals surface area contributed by atoms with Crippen LogP contribution in [0, 0.1) is 41.5 Å². The number of hydrogen-bond acceptors (Lipinski definition) is 2. The highest BCUT2D eigenvalue weighted by molar-refractivity contribution is 6.78. The zero-order valence-corrected chi connectivity index (χ0v) is 26.0. The summed E-state index contributed by atoms with van der Waals surface area (Å²) in [4.78, 5) is 7.64. The third kappa shape index (κ3) is 3.96. The summed E-state index contributed by atoms with van der Waals surface area (Å²) in [5.74, 6) is 2.01. The van der Waals surface area contributed by atoms with Gasteiger partial charge in [-0.3, -0.25) is 0 Å². The molecule has 2 aliphatic heterocycles. The van der Waals surface area contributed by atoms with Crippen molar-refractivity contribution in [2.24, 2.45) is 4.99 Å². The summed E-state index contributed by atoms with van der Waals surface area (Å²) < 4.78 is 2.46. The number of rotatable bonds is 2. The highest BCUT2D eigenvalue weighted by atomic mass is 15.3. The van der Waals surface area contributed by atoms with E-state index >= 15 is 0 Å². The molecule has 4 aromatic carbocycles. The lowest BCUT2D eigenvalue weighted by atomic mass is 9.47. The molecule has 0 amide bonds. The summed E-state index contributed by atoms with van der Waals surface area (Å²) in [5.41, 5.74) is 16.8. The number of amidine groups is 1. The molecule has 0 atom stereocenters. The van der Waals surface area contributed by atoms with Gasteiger partial charge in [0.05, 0.1) is 5.52 Å². The Hall–Kier alpha value is -4.44. The van der Waals surface area contributed by atoms with E-state index in [2.05, 4.69) is 149 Å². The van der Waals surface area contributed by atoms with E-state index in [9.17, 15) is 0 Å². The highest BCUT2D eigenvalue weighted by Gasteiger charge is 2.41. The fourth-order valence-corrected chi connectivity index (χ4v) is 7.88. The van der Waals surface area contributed by atoms with Gasteiger partial charge in [-0.1, -0.05) is 47.5 Å². The summed E-state index contributed by atoms with van der Waals surface area (Å²) in [6.07, 6.45) is 3.19. The smallest absolute Gasteiger partial charge is 0.286 e. The van der Waals surface area contributed by atoms with Crippen molar-refractivity contribution in [3.05, 3.63) is 118 Å². The van der Waals surface area contributed by atoms with Crippen LogP contribution in [0.15, 0.2) is 83.9 Å². The summed E-state index contributed by atoms with van der Waals surface area (Å²) in [5, 5.41) is 1.23. The van der Waals surface area contributed by atoms with Gasteiger partial charge < -0.3 is 9.29 Å². The first-order valence-corrected chi connectivity index (χ1v) is 15.1. The van der Waals surface area contributed by atoms with Crippen LogP contribution in [-0.2, 0) is 0 Å². The van der Waals surface area contributed by atoms with Gasteiger partial charge in [-0.25, -0.2) is 0 Å². The first kappa shape index (κ1) is 26.5. The van der Waals surface area contributed by atoms with Crippen LogP contribution in [-0.4, -0.2) is 12.3 Å². The van der Waals surface area contributed by atoms with E-state index in [-0.39, 0.29) is 0 Å². The van der Waals surface area contributed by atoms with Crippen LogP contribution in [0.3, 0.4) is 0 Å². The molecule has 3 nitrogen and oxygen atoms in total. The van der Waals surface area contributed by atoms with Gasteiger partial charge in [0.2, 0.25) is 5.84 Å². The van der Waals surface area contributed by atoms with Gasteiger partial charge in [0.25, 0.3) is 12.2 Å². The maximum atomic E-state index is 5.18. The molecule has 208 valence electrons. The second-order valence-electron chi connectivity index (χ2n) is 13.1. The van der Waals surface area contributed by atoms with E-state index < -0.39 is 6.42 Å². The lowest BCUT2D eigenvalue weighted by Crippen LogP contribution is -2.74. The van der Waals surface area contributed by atoms with E-state index in [1.54, 1.807) is 0 Å². The third-order valence-electron chi connectivity index (χ3n) is 9.32. The largest absolute Gasteiger partial charge is 0.440 e. The molecule has 1 aromatic heterocycles. The topological polar surface area (TPSA) is 19.5 Å². The molecule has 0 fully saturated rings. The monoisotopic (exact) mass is 547 g/mol. The molecule has 7 rings (SSSR count). The van der Waals surface area contributed by atoms with Crippen LogP contribution in [0.2, 0.25) is 13.6 Å². The minimum atomic E-state index is -1.23. The lowest BCUT2D eigenvalue weighted by molar-refractivity contribution is -0.503. The van der Waals surface area contributed by atoms with E-state index in [0.29, 0.717) is 0 Å². The van der Waals surface area contributed by atoms with Crippen LogP contribution in [0.1, 0.15) is 38.9 Å². The number of aromatic nitrogens is 1. The standard InChI is InChI=1S/C38H38BN3/c1-23-17-25(3)37(26(4)18-23)31-9-13-33-29(21-31)11-15-35-40-36-16-12-30-22-32(38-27(5)19-24(2)20-28(38)6)10-14-34(30)42(36)39(7,8)41(33)35/h9-22H,1-8H3. The van der Waals surface area contributed by atoms with Gasteiger partial charge in [-0.15, -0.1) is 13.6 Å². The van der Waals surface area contributed by atoms with E-state index in [0.717, 1.165) is 11.7 Å². The van der Waals surface area contributed by atoms with E-state index in [1.807, 2.05) is 0 Å². The SMILES string of the molecule is Cc1cc(C)c(-c2ccc3c(c2)C=CC2=Nc4ccc5cc(-c6c(C)cc(C)cc6C)ccc5[n+]4[B-](C)(C)N23)c(C)c1. The first-order valence-electron chi connectivity index (χ1n) is 15.1. The Kier molecular flexibility index (Phi) is 5.85. The Labute approximate surface area is 249 Å². The maximum absolute atomic E-state index is 5.18. The van der Waals surface area contributed by atoms with Crippen LogP contribution in [0.25, 0.3) is 39.2 Å². The van der Waals surface area contributed by atoms with Crippen molar-refractivity contribution in [1.82, 2.24) is 0 Å². The predicted molar refractivity (Wildman–Crippen MR) is 181 cm³/mol. The molecule has 0 radical (unpaired) electrons. The Morgan fingerprint density at radius 2 is 1.19 bits per heavy atom. The van der Waals surface area contributed by atoms with Crippen molar-refractivity contribution < 1.29 is 4.48 Å². The van der Waals surface area contributed by atoms with Crippen LogP contribution in [0.5, 0.6) is 0 Å². The Balaban J connectivity index is 1.36. The molecule has 3 heterocycles. The average Bonchev–Trinajstić information content (AvgIpc) is 2.91. The van der Waals surface area contributed by atoms with Gasteiger partial charge in [0, 0.05) is 23.2 Å². The zero-order chi connectivity index (χ0) is 29.5. The predicted octanol–water partition coefficient (Wildman–Crippen LogP) is 9.44. The minimum absolute atomic E-state index is 1.00. The summed E-state index contributed by atoms with van der Waals surface area (Å²) in [6, 6.07) is 27.4. The Morgan fingerprint density at radius 3 is 1.81 bits per heavy atom. The first-order chi connectivity index (χ1) is 20.0. The molecule has 0 spiro atoms. The fourth-order valence-electron chi connectivity index (χ4n) is 7.88. The van der Waals surface area contributed by atoms with Crippen LogP contribution >= 0.6 is 0 Å². The molecular weight excluding hydrogens is 509 g/mol. The molecule has 0 N–H and O–H groups in total. The van der Waals surface area contributed by atoms with E-state index in [4.69, 9.17) is 4.99 Å². The summed E-state index contributed by atoms with van der Waals surface area (Å²) in [7, 11) is 0. The minimum Gasteiger partial charge on any atom is -0.440 e. The quantitative estimate of drug-likeness (QED) is 0.202. The molecule has 2 aliphatic rings. The number of benzene rings is 4. The number of hydrogen-bond donors (Lipinski definition) is 0. The zero-order valence-electron chi connectivity index (χ0n) is 26.0. The number of aliphatic imine (C=N–C) groups is 1. The van der Waals surface area contributed by atoms with Crippen LogP contribution < -0.4 is 9.29 Å². The van der Waals surface area contributed by atoms with E-state index in [1.165, 1.54) is 77.8 Å². The van der Waals surface area contributed by atoms with Gasteiger partial charge in [-0.05, 0) is 133 Å². The molecular formula is C38H38BN3. The Morgan fingerprint density at radius 1 is 0.619 bits per heavy atom. The number of aryl methyl sites for hydroxylation is 6. The second kappa shape index (κ2) is 9.29. The molecule has 0 saturated heterocycles.